The number of amides is 1. The molecule has 1 atom stereocenters. The number of carbonyl (C=O) groups is 1. The van der Waals surface area contributed by atoms with Crippen LogP contribution in [0.4, 0.5) is 0 Å². The Morgan fingerprint density at radius 2 is 1.82 bits per heavy atom. The number of hydrogen-bond donors (Lipinski definition) is 1. The number of aryl methyl sites for hydroxylation is 1. The summed E-state index contributed by atoms with van der Waals surface area (Å²) >= 11 is 0. The van der Waals surface area contributed by atoms with Crippen LogP contribution in [-0.4, -0.2) is 31.8 Å². The summed E-state index contributed by atoms with van der Waals surface area (Å²) in [6.07, 6.45) is 1.95. The fourth-order valence-electron chi connectivity index (χ4n) is 3.82. The summed E-state index contributed by atoms with van der Waals surface area (Å²) in [7, 11) is 0. The van der Waals surface area contributed by atoms with Crippen LogP contribution in [0.2, 0.25) is 0 Å². The van der Waals surface area contributed by atoms with Gasteiger partial charge in [0.2, 0.25) is 0 Å². The monoisotopic (exact) mass is 381 g/mol. The highest BCUT2D eigenvalue weighted by Crippen LogP contribution is 2.34. The van der Waals surface area contributed by atoms with E-state index in [0.29, 0.717) is 13.0 Å². The van der Waals surface area contributed by atoms with Crippen molar-refractivity contribution >= 4 is 5.91 Å². The van der Waals surface area contributed by atoms with Crippen LogP contribution >= 0.6 is 0 Å². The lowest BCUT2D eigenvalue weighted by molar-refractivity contribution is -0.128. The van der Waals surface area contributed by atoms with Crippen LogP contribution < -0.4 is 10.1 Å². The van der Waals surface area contributed by atoms with Crippen molar-refractivity contribution in [2.24, 2.45) is 0 Å². The smallest absolute Gasteiger partial charge is 0.261 e. The molecule has 1 saturated heterocycles. The maximum Gasteiger partial charge on any atom is 0.261 e. The molecule has 1 heterocycles. The van der Waals surface area contributed by atoms with Gasteiger partial charge in [0.15, 0.2) is 6.10 Å². The van der Waals surface area contributed by atoms with Crippen LogP contribution in [0.5, 0.6) is 5.75 Å². The van der Waals surface area contributed by atoms with Crippen LogP contribution in [0, 0.1) is 13.8 Å². The molecule has 0 bridgehead atoms. The molecule has 1 fully saturated rings. The predicted octanol–water partition coefficient (Wildman–Crippen LogP) is 4.33. The van der Waals surface area contributed by atoms with E-state index >= 15 is 0 Å². The number of nitrogens with one attached hydrogen (secondary N) is 1. The van der Waals surface area contributed by atoms with Gasteiger partial charge in [0.25, 0.3) is 5.91 Å². The first-order valence-electron chi connectivity index (χ1n) is 10.2. The summed E-state index contributed by atoms with van der Waals surface area (Å²) in [5.74, 6) is 0.732. The maximum atomic E-state index is 12.9. The van der Waals surface area contributed by atoms with E-state index in [4.69, 9.17) is 9.47 Å². The lowest BCUT2D eigenvalue weighted by atomic mass is 9.74. The molecule has 0 unspecified atom stereocenters. The fourth-order valence-corrected chi connectivity index (χ4v) is 3.82. The quantitative estimate of drug-likeness (QED) is 0.777. The second-order valence-corrected chi connectivity index (χ2v) is 7.69. The van der Waals surface area contributed by atoms with Gasteiger partial charge in [-0.3, -0.25) is 4.79 Å². The highest BCUT2D eigenvalue weighted by molar-refractivity contribution is 5.81. The molecular formula is C24H31NO3. The van der Waals surface area contributed by atoms with Gasteiger partial charge < -0.3 is 14.8 Å². The van der Waals surface area contributed by atoms with Gasteiger partial charge in [-0.15, -0.1) is 0 Å². The largest absolute Gasteiger partial charge is 0.480 e. The minimum atomic E-state index is -0.492. The Balaban J connectivity index is 1.70. The summed E-state index contributed by atoms with van der Waals surface area (Å²) in [4.78, 5) is 12.9. The van der Waals surface area contributed by atoms with E-state index in [1.165, 1.54) is 5.56 Å². The van der Waals surface area contributed by atoms with Crippen molar-refractivity contribution in [1.82, 2.24) is 5.32 Å². The first-order chi connectivity index (χ1) is 13.6. The molecule has 1 aliphatic heterocycles. The molecule has 1 aliphatic rings. The molecule has 28 heavy (non-hydrogen) atoms. The molecule has 2 aromatic carbocycles. The van der Waals surface area contributed by atoms with Crippen molar-refractivity contribution < 1.29 is 14.3 Å². The highest BCUT2D eigenvalue weighted by atomic mass is 16.5. The molecule has 4 nitrogen and oxygen atoms in total. The number of carbonyl (C=O) groups excluding carboxylic acids is 1. The predicted molar refractivity (Wildman–Crippen MR) is 112 cm³/mol. The van der Waals surface area contributed by atoms with Crippen LogP contribution in [0.15, 0.2) is 48.5 Å². The SMILES string of the molecule is CC[C@H](Oc1cccc(C)c1C)C(=O)NCC1(c2ccccc2)CCOCC1. The molecule has 4 heteroatoms. The summed E-state index contributed by atoms with van der Waals surface area (Å²) in [6, 6.07) is 16.4. The normalized spacial score (nSPS) is 17.0. The van der Waals surface area contributed by atoms with Gasteiger partial charge >= 0.3 is 0 Å². The van der Waals surface area contributed by atoms with Crippen LogP contribution in [-0.2, 0) is 14.9 Å². The van der Waals surface area contributed by atoms with Gasteiger partial charge in [0, 0.05) is 25.2 Å². The summed E-state index contributed by atoms with van der Waals surface area (Å²) in [6.45, 7) is 8.12. The van der Waals surface area contributed by atoms with Crippen molar-refractivity contribution in [2.75, 3.05) is 19.8 Å². The second-order valence-electron chi connectivity index (χ2n) is 7.69. The van der Waals surface area contributed by atoms with Gasteiger partial charge in [-0.05, 0) is 55.9 Å². The van der Waals surface area contributed by atoms with Crippen molar-refractivity contribution in [3.63, 3.8) is 0 Å². The van der Waals surface area contributed by atoms with Crippen LogP contribution in [0.1, 0.15) is 42.9 Å². The molecule has 1 amide bonds. The first-order valence-corrected chi connectivity index (χ1v) is 10.2. The van der Waals surface area contributed by atoms with E-state index in [0.717, 1.165) is 42.9 Å². The van der Waals surface area contributed by atoms with Gasteiger partial charge in [0.1, 0.15) is 5.75 Å². The third-order valence-corrected chi connectivity index (χ3v) is 5.92. The molecule has 3 rings (SSSR count). The lowest BCUT2D eigenvalue weighted by Crippen LogP contribution is -2.48. The minimum Gasteiger partial charge on any atom is -0.480 e. The van der Waals surface area contributed by atoms with E-state index < -0.39 is 6.10 Å². The molecule has 0 saturated carbocycles. The zero-order valence-electron chi connectivity index (χ0n) is 17.2. The lowest BCUT2D eigenvalue weighted by Gasteiger charge is -2.38. The van der Waals surface area contributed by atoms with Crippen molar-refractivity contribution in [3.8, 4) is 5.75 Å². The Hall–Kier alpha value is -2.33. The van der Waals surface area contributed by atoms with E-state index in [9.17, 15) is 4.79 Å². The second kappa shape index (κ2) is 9.24. The maximum absolute atomic E-state index is 12.9. The van der Waals surface area contributed by atoms with Crippen molar-refractivity contribution in [2.45, 2.75) is 51.6 Å². The van der Waals surface area contributed by atoms with Crippen LogP contribution in [0.25, 0.3) is 0 Å². The molecular weight excluding hydrogens is 350 g/mol. The zero-order valence-corrected chi connectivity index (χ0v) is 17.2. The molecule has 0 spiro atoms. The Kier molecular flexibility index (Phi) is 6.74. The van der Waals surface area contributed by atoms with Crippen LogP contribution in [0.3, 0.4) is 0 Å². The summed E-state index contributed by atoms with van der Waals surface area (Å²) in [5.41, 5.74) is 3.44. The number of hydrogen-bond acceptors (Lipinski definition) is 3. The average molecular weight is 382 g/mol. The Bertz CT molecular complexity index is 782. The highest BCUT2D eigenvalue weighted by Gasteiger charge is 2.35. The number of rotatable bonds is 7. The fraction of sp³-hybridized carbons (Fsp3) is 0.458. The molecule has 150 valence electrons. The molecule has 0 aliphatic carbocycles. The Labute approximate surface area is 168 Å². The standard InChI is InChI=1S/C24H31NO3/c1-4-21(28-22-12-8-9-18(2)19(22)3)23(26)25-17-24(13-15-27-16-14-24)20-10-6-5-7-11-20/h5-12,21H,4,13-17H2,1-3H3,(H,25,26)/t21-/m0/s1. The number of ether oxygens (including phenoxy) is 2. The van der Waals surface area contributed by atoms with E-state index in [1.807, 2.05) is 32.0 Å². The molecule has 0 aromatic heterocycles. The minimum absolute atomic E-state index is 0.0507. The third kappa shape index (κ3) is 4.56. The summed E-state index contributed by atoms with van der Waals surface area (Å²) in [5, 5.41) is 3.18. The van der Waals surface area contributed by atoms with Gasteiger partial charge in [0.05, 0.1) is 0 Å². The Morgan fingerprint density at radius 3 is 2.50 bits per heavy atom. The molecule has 0 radical (unpaired) electrons. The van der Waals surface area contributed by atoms with Gasteiger partial charge in [-0.25, -0.2) is 0 Å². The summed E-state index contributed by atoms with van der Waals surface area (Å²) < 4.78 is 11.7. The van der Waals surface area contributed by atoms with Crippen molar-refractivity contribution in [3.05, 3.63) is 65.2 Å². The van der Waals surface area contributed by atoms with Gasteiger partial charge in [-0.1, -0.05) is 49.4 Å². The molecule has 2 aromatic rings. The molecule has 1 N–H and O–H groups in total. The van der Waals surface area contributed by atoms with E-state index in [-0.39, 0.29) is 11.3 Å². The zero-order chi connectivity index (χ0) is 20.0. The number of benzene rings is 2. The van der Waals surface area contributed by atoms with Gasteiger partial charge in [-0.2, -0.15) is 0 Å². The average Bonchev–Trinajstić information content (AvgIpc) is 2.74. The van der Waals surface area contributed by atoms with E-state index in [1.54, 1.807) is 0 Å². The van der Waals surface area contributed by atoms with E-state index in [2.05, 4.69) is 42.6 Å². The third-order valence-electron chi connectivity index (χ3n) is 5.92. The Morgan fingerprint density at radius 1 is 1.11 bits per heavy atom. The topological polar surface area (TPSA) is 47.6 Å². The first kappa shape index (κ1) is 20.4. The van der Waals surface area contributed by atoms with Crippen molar-refractivity contribution in [1.29, 1.82) is 0 Å².